The summed E-state index contributed by atoms with van der Waals surface area (Å²) in [4.78, 5) is 6.96. The highest BCUT2D eigenvalue weighted by atomic mass is 16.5. The van der Waals surface area contributed by atoms with Crippen molar-refractivity contribution in [2.24, 2.45) is 18.0 Å². The lowest BCUT2D eigenvalue weighted by atomic mass is 10.0. The Bertz CT molecular complexity index is 594. The van der Waals surface area contributed by atoms with E-state index in [1.54, 1.807) is 0 Å². The van der Waals surface area contributed by atoms with Crippen molar-refractivity contribution in [2.75, 3.05) is 46.6 Å². The average molecular weight is 394 g/mol. The molecule has 0 atom stereocenters. The van der Waals surface area contributed by atoms with E-state index in [-0.39, 0.29) is 0 Å². The van der Waals surface area contributed by atoms with Crippen molar-refractivity contribution < 1.29 is 9.47 Å². The second-order valence-electron chi connectivity index (χ2n) is 7.94. The second-order valence-corrected chi connectivity index (χ2v) is 7.94. The van der Waals surface area contributed by atoms with Gasteiger partial charge in [-0.2, -0.15) is 5.10 Å². The van der Waals surface area contributed by atoms with Gasteiger partial charge in [0.25, 0.3) is 0 Å². The molecule has 1 saturated heterocycles. The molecule has 1 fully saturated rings. The molecule has 0 radical (unpaired) electrons. The van der Waals surface area contributed by atoms with Crippen LogP contribution in [-0.4, -0.2) is 67.2 Å². The van der Waals surface area contributed by atoms with Crippen LogP contribution in [0, 0.1) is 5.92 Å². The quantitative estimate of drug-likeness (QED) is 0.376. The molecule has 0 aliphatic carbocycles. The molecule has 7 heteroatoms. The van der Waals surface area contributed by atoms with Gasteiger partial charge in [0, 0.05) is 71.9 Å². The van der Waals surface area contributed by atoms with Crippen molar-refractivity contribution in [2.45, 2.75) is 52.5 Å². The van der Waals surface area contributed by atoms with Crippen LogP contribution in [0.2, 0.25) is 0 Å². The Labute approximate surface area is 170 Å². The molecule has 0 unspecified atom stereocenters. The lowest BCUT2D eigenvalue weighted by molar-refractivity contribution is 0.0205. The van der Waals surface area contributed by atoms with E-state index in [1.165, 1.54) is 5.56 Å². The summed E-state index contributed by atoms with van der Waals surface area (Å²) in [5.41, 5.74) is 2.41. The highest BCUT2D eigenvalue weighted by molar-refractivity contribution is 5.79. The van der Waals surface area contributed by atoms with Crippen molar-refractivity contribution in [3.05, 3.63) is 17.5 Å². The van der Waals surface area contributed by atoms with E-state index in [0.29, 0.717) is 11.8 Å². The zero-order valence-corrected chi connectivity index (χ0v) is 18.4. The molecule has 2 heterocycles. The lowest BCUT2D eigenvalue weighted by Gasteiger charge is -2.22. The molecule has 0 saturated carbocycles. The van der Waals surface area contributed by atoms with E-state index >= 15 is 0 Å². The van der Waals surface area contributed by atoms with E-state index < -0.39 is 0 Å². The van der Waals surface area contributed by atoms with Gasteiger partial charge in [-0.25, -0.2) is 0 Å². The summed E-state index contributed by atoms with van der Waals surface area (Å²) in [6, 6.07) is 0. The average Bonchev–Trinajstić information content (AvgIpc) is 3.04. The Kier molecular flexibility index (Phi) is 9.78. The van der Waals surface area contributed by atoms with Crippen LogP contribution in [0.15, 0.2) is 11.2 Å². The van der Waals surface area contributed by atoms with Gasteiger partial charge in [-0.1, -0.05) is 13.8 Å². The van der Waals surface area contributed by atoms with Gasteiger partial charge in [0.2, 0.25) is 0 Å². The number of nitrogens with one attached hydrogen (secondary N) is 1. The molecular weight excluding hydrogens is 354 g/mol. The first-order valence-corrected chi connectivity index (χ1v) is 10.7. The first kappa shape index (κ1) is 22.7. The predicted molar refractivity (Wildman–Crippen MR) is 114 cm³/mol. The van der Waals surface area contributed by atoms with Crippen molar-refractivity contribution >= 4 is 5.96 Å². The highest BCUT2D eigenvalue weighted by Crippen LogP contribution is 2.18. The minimum atomic E-state index is 0.414. The summed E-state index contributed by atoms with van der Waals surface area (Å²) >= 11 is 0. The van der Waals surface area contributed by atoms with E-state index in [1.807, 2.05) is 11.7 Å². The van der Waals surface area contributed by atoms with Crippen molar-refractivity contribution in [1.29, 1.82) is 0 Å². The summed E-state index contributed by atoms with van der Waals surface area (Å²) in [6.45, 7) is 12.3. The third kappa shape index (κ3) is 7.43. The normalized spacial score (nSPS) is 16.0. The van der Waals surface area contributed by atoms with Crippen molar-refractivity contribution in [1.82, 2.24) is 20.0 Å². The lowest BCUT2D eigenvalue weighted by Crippen LogP contribution is -2.38. The smallest absolute Gasteiger partial charge is 0.193 e. The third-order valence-corrected chi connectivity index (χ3v) is 4.99. The maximum absolute atomic E-state index is 5.85. The molecule has 0 amide bonds. The topological polar surface area (TPSA) is 63.9 Å². The molecule has 0 bridgehead atoms. The molecule has 1 aliphatic rings. The zero-order valence-electron chi connectivity index (χ0n) is 18.4. The number of aryl methyl sites for hydroxylation is 1. The first-order valence-electron chi connectivity index (χ1n) is 10.7. The number of aliphatic imine (C=N–C) groups is 1. The van der Waals surface area contributed by atoms with E-state index in [9.17, 15) is 0 Å². The van der Waals surface area contributed by atoms with Gasteiger partial charge in [0.1, 0.15) is 0 Å². The Morgan fingerprint density at radius 1 is 1.43 bits per heavy atom. The van der Waals surface area contributed by atoms with Crippen LogP contribution in [0.5, 0.6) is 0 Å². The largest absolute Gasteiger partial charge is 0.381 e. The number of aromatic nitrogens is 2. The minimum Gasteiger partial charge on any atom is -0.381 e. The van der Waals surface area contributed by atoms with Gasteiger partial charge in [-0.05, 0) is 38.0 Å². The molecule has 1 aliphatic heterocycles. The van der Waals surface area contributed by atoms with E-state index in [0.717, 1.165) is 77.0 Å². The van der Waals surface area contributed by atoms with Crippen LogP contribution in [0.4, 0.5) is 0 Å². The van der Waals surface area contributed by atoms with Crippen LogP contribution < -0.4 is 5.32 Å². The van der Waals surface area contributed by atoms with Gasteiger partial charge in [-0.3, -0.25) is 9.67 Å². The van der Waals surface area contributed by atoms with Crippen molar-refractivity contribution in [3.8, 4) is 0 Å². The molecule has 1 aromatic rings. The highest BCUT2D eigenvalue weighted by Gasteiger charge is 2.15. The van der Waals surface area contributed by atoms with E-state index in [2.05, 4.69) is 49.3 Å². The first-order chi connectivity index (χ1) is 13.5. The van der Waals surface area contributed by atoms with Gasteiger partial charge in [0.15, 0.2) is 5.96 Å². The fourth-order valence-electron chi connectivity index (χ4n) is 3.48. The maximum Gasteiger partial charge on any atom is 0.193 e. The molecular formula is C21H39N5O2. The molecule has 28 heavy (non-hydrogen) atoms. The van der Waals surface area contributed by atoms with Gasteiger partial charge >= 0.3 is 0 Å². The van der Waals surface area contributed by atoms with E-state index in [4.69, 9.17) is 14.5 Å². The minimum absolute atomic E-state index is 0.414. The maximum atomic E-state index is 5.85. The van der Waals surface area contributed by atoms with Crippen LogP contribution in [-0.2, 0) is 23.1 Å². The van der Waals surface area contributed by atoms with Gasteiger partial charge in [-0.15, -0.1) is 0 Å². The van der Waals surface area contributed by atoms with Crippen LogP contribution in [0.1, 0.15) is 57.2 Å². The third-order valence-electron chi connectivity index (χ3n) is 4.99. The summed E-state index contributed by atoms with van der Waals surface area (Å²) in [6.07, 6.45) is 5.30. The summed E-state index contributed by atoms with van der Waals surface area (Å²) < 4.78 is 13.1. The Morgan fingerprint density at radius 3 is 2.86 bits per heavy atom. The number of hydrogen-bond donors (Lipinski definition) is 1. The second kappa shape index (κ2) is 12.1. The van der Waals surface area contributed by atoms with Crippen molar-refractivity contribution in [3.63, 3.8) is 0 Å². The molecule has 160 valence electrons. The predicted octanol–water partition coefficient (Wildman–Crippen LogP) is 2.77. The van der Waals surface area contributed by atoms with Crippen LogP contribution in [0.25, 0.3) is 0 Å². The standard InChI is InChI=1S/C21H39N5O2/c1-6-22-21(23-10-7-11-28-16-18-8-12-27-13-9-18)25(4)14-19-15-26(5)24-20(19)17(2)3/h15,17-18H,6-14,16H2,1-5H3,(H,22,23). The fraction of sp³-hybridized carbons (Fsp3) is 0.810. The monoisotopic (exact) mass is 393 g/mol. The van der Waals surface area contributed by atoms with Gasteiger partial charge < -0.3 is 19.7 Å². The van der Waals surface area contributed by atoms with Crippen LogP contribution in [0.3, 0.4) is 0 Å². The molecule has 2 rings (SSSR count). The Hall–Kier alpha value is -1.60. The SMILES string of the molecule is CCNC(=NCCCOCC1CCOCC1)N(C)Cc1cn(C)nc1C(C)C. The Morgan fingerprint density at radius 2 is 2.18 bits per heavy atom. The molecule has 0 aromatic carbocycles. The summed E-state index contributed by atoms with van der Waals surface area (Å²) in [5, 5.41) is 8.00. The molecule has 7 nitrogen and oxygen atoms in total. The van der Waals surface area contributed by atoms with Crippen LogP contribution >= 0.6 is 0 Å². The molecule has 1 aromatic heterocycles. The number of rotatable bonds is 10. The van der Waals surface area contributed by atoms with Gasteiger partial charge in [0.05, 0.1) is 5.69 Å². The number of guanidine groups is 1. The Balaban J connectivity index is 1.78. The molecule has 0 spiro atoms. The zero-order chi connectivity index (χ0) is 20.4. The summed E-state index contributed by atoms with van der Waals surface area (Å²) in [7, 11) is 4.06. The molecule has 1 N–H and O–H groups in total. The fourth-order valence-corrected chi connectivity index (χ4v) is 3.48. The number of hydrogen-bond acceptors (Lipinski definition) is 4. The summed E-state index contributed by atoms with van der Waals surface area (Å²) in [5.74, 6) is 2.01. The number of ether oxygens (including phenoxy) is 2. The number of nitrogens with zero attached hydrogens (tertiary/aromatic N) is 4.